The molecular formula is C20H31N3O5S. The lowest BCUT2D eigenvalue weighted by molar-refractivity contribution is -0.134. The Bertz CT molecular complexity index is 665. The van der Waals surface area contributed by atoms with Crippen LogP contribution in [0, 0.1) is 5.41 Å². The van der Waals surface area contributed by atoms with Crippen molar-refractivity contribution >= 4 is 23.7 Å². The van der Waals surface area contributed by atoms with Gasteiger partial charge in [0.2, 0.25) is 5.91 Å². The summed E-state index contributed by atoms with van der Waals surface area (Å²) in [5.74, 6) is 0.155. The maximum absolute atomic E-state index is 13.5. The molecule has 0 unspecified atom stereocenters. The smallest absolute Gasteiger partial charge is 0.290 e. The molecule has 8 nitrogen and oxygen atoms in total. The van der Waals surface area contributed by atoms with Gasteiger partial charge in [0.15, 0.2) is 0 Å². The normalized spacial score (nSPS) is 33.7. The van der Waals surface area contributed by atoms with E-state index in [1.54, 1.807) is 11.3 Å². The Hall–Kier alpha value is -1.55. The number of carbonyl (C=O) groups excluding carboxylic acids is 1. The number of carboxylic acid groups (broad SMARTS) is 1. The second-order valence-electron chi connectivity index (χ2n) is 8.31. The largest absolute Gasteiger partial charge is 0.483 e. The van der Waals surface area contributed by atoms with Crippen LogP contribution in [0.4, 0.5) is 0 Å². The van der Waals surface area contributed by atoms with Gasteiger partial charge in [0.05, 0.1) is 29.3 Å². The quantitative estimate of drug-likeness (QED) is 0.502. The SMILES string of the molecule is O=C(NC1CCC(O)CC1)[C@@]1(Cc2cscn2)C[C@H]2CC[C@@H]1N2CCO.O=CO. The van der Waals surface area contributed by atoms with Crippen LogP contribution < -0.4 is 5.32 Å². The van der Waals surface area contributed by atoms with E-state index in [9.17, 15) is 15.0 Å². The molecule has 0 aromatic carbocycles. The van der Waals surface area contributed by atoms with Crippen molar-refractivity contribution < 1.29 is 24.9 Å². The van der Waals surface area contributed by atoms with Crippen molar-refractivity contribution in [2.75, 3.05) is 13.2 Å². The van der Waals surface area contributed by atoms with Crippen LogP contribution in [0.1, 0.15) is 50.6 Å². The second-order valence-corrected chi connectivity index (χ2v) is 9.03. The summed E-state index contributed by atoms with van der Waals surface area (Å²) < 4.78 is 0. The zero-order valence-electron chi connectivity index (χ0n) is 16.6. The van der Waals surface area contributed by atoms with Crippen molar-refractivity contribution in [3.63, 3.8) is 0 Å². The number of amides is 1. The van der Waals surface area contributed by atoms with Gasteiger partial charge in [-0.05, 0) is 44.9 Å². The number of nitrogens with one attached hydrogen (secondary N) is 1. The Morgan fingerprint density at radius 3 is 2.66 bits per heavy atom. The van der Waals surface area contributed by atoms with Crippen molar-refractivity contribution in [2.45, 2.75) is 75.6 Å². The van der Waals surface area contributed by atoms with E-state index < -0.39 is 5.41 Å². The van der Waals surface area contributed by atoms with Crippen molar-refractivity contribution in [1.82, 2.24) is 15.2 Å². The molecule has 3 heterocycles. The number of carbonyl (C=O) groups is 2. The highest BCUT2D eigenvalue weighted by Crippen LogP contribution is 2.51. The minimum Gasteiger partial charge on any atom is -0.483 e. The number of aliphatic hydroxyl groups excluding tert-OH is 2. The molecule has 1 saturated carbocycles. The fraction of sp³-hybridized carbons (Fsp3) is 0.750. The first-order chi connectivity index (χ1) is 14.0. The highest BCUT2D eigenvalue weighted by atomic mass is 32.1. The van der Waals surface area contributed by atoms with E-state index in [0.29, 0.717) is 19.0 Å². The minimum atomic E-state index is -0.442. The molecule has 1 aliphatic carbocycles. The fourth-order valence-corrected chi connectivity index (χ4v) is 6.03. The number of aromatic nitrogens is 1. The van der Waals surface area contributed by atoms with Crippen LogP contribution in [0.25, 0.3) is 0 Å². The van der Waals surface area contributed by atoms with E-state index in [0.717, 1.165) is 50.6 Å². The molecular weight excluding hydrogens is 394 g/mol. The number of thiazole rings is 1. The summed E-state index contributed by atoms with van der Waals surface area (Å²) in [6.07, 6.45) is 6.71. The molecule has 1 aromatic heterocycles. The summed E-state index contributed by atoms with van der Waals surface area (Å²) in [5.41, 5.74) is 2.39. The molecule has 162 valence electrons. The van der Waals surface area contributed by atoms with Crippen LogP contribution in [0.2, 0.25) is 0 Å². The molecule has 29 heavy (non-hydrogen) atoms. The summed E-state index contributed by atoms with van der Waals surface area (Å²) >= 11 is 1.58. The number of hydrogen-bond donors (Lipinski definition) is 4. The summed E-state index contributed by atoms with van der Waals surface area (Å²) in [4.78, 5) is 28.7. The molecule has 3 aliphatic rings. The molecule has 2 saturated heterocycles. The Kier molecular flexibility index (Phi) is 7.61. The third-order valence-electron chi connectivity index (χ3n) is 6.70. The molecule has 1 amide bonds. The van der Waals surface area contributed by atoms with Gasteiger partial charge in [0.1, 0.15) is 0 Å². The van der Waals surface area contributed by atoms with Crippen molar-refractivity contribution in [2.24, 2.45) is 5.41 Å². The predicted molar refractivity (Wildman–Crippen MR) is 109 cm³/mol. The van der Waals surface area contributed by atoms with Crippen LogP contribution in [0.5, 0.6) is 0 Å². The van der Waals surface area contributed by atoms with Gasteiger partial charge >= 0.3 is 0 Å². The molecule has 3 atom stereocenters. The van der Waals surface area contributed by atoms with E-state index >= 15 is 0 Å². The van der Waals surface area contributed by atoms with Crippen LogP contribution in [0.15, 0.2) is 10.9 Å². The highest BCUT2D eigenvalue weighted by molar-refractivity contribution is 7.07. The van der Waals surface area contributed by atoms with Crippen LogP contribution in [0.3, 0.4) is 0 Å². The summed E-state index contributed by atoms with van der Waals surface area (Å²) in [5, 5.41) is 31.4. The van der Waals surface area contributed by atoms with E-state index in [4.69, 9.17) is 9.90 Å². The Labute approximate surface area is 174 Å². The molecule has 9 heteroatoms. The Balaban J connectivity index is 0.000000755. The number of aliphatic hydroxyl groups is 2. The van der Waals surface area contributed by atoms with E-state index in [1.807, 2.05) is 10.9 Å². The van der Waals surface area contributed by atoms with Gasteiger partial charge in [-0.15, -0.1) is 11.3 Å². The van der Waals surface area contributed by atoms with E-state index in [-0.39, 0.29) is 37.2 Å². The number of fused-ring (bicyclic) bond motifs is 2. The lowest BCUT2D eigenvalue weighted by Gasteiger charge is -2.38. The third kappa shape index (κ3) is 4.79. The van der Waals surface area contributed by atoms with Gasteiger partial charge in [-0.25, -0.2) is 4.98 Å². The lowest BCUT2D eigenvalue weighted by atomic mass is 9.69. The zero-order chi connectivity index (χ0) is 20.9. The molecule has 2 bridgehead atoms. The third-order valence-corrected chi connectivity index (χ3v) is 7.34. The minimum absolute atomic E-state index is 0.141. The Morgan fingerprint density at radius 2 is 2.03 bits per heavy atom. The first-order valence-corrected chi connectivity index (χ1v) is 11.3. The number of hydrogen-bond acceptors (Lipinski definition) is 7. The van der Waals surface area contributed by atoms with Crippen LogP contribution in [-0.4, -0.2) is 75.0 Å². The maximum atomic E-state index is 13.5. The van der Waals surface area contributed by atoms with Crippen molar-refractivity contribution in [3.05, 3.63) is 16.6 Å². The molecule has 0 spiro atoms. The standard InChI is InChI=1S/C19H29N3O3S.CH2O2/c23-8-7-22-15-3-6-17(22)19(10-15,9-14-11-26-12-20-14)18(25)21-13-1-4-16(24)5-2-13;2-1-3/h11-13,15-17,23-24H,1-10H2,(H,21,25);1H,(H,2,3)/t13?,15-,16?,17+,19+;/m1./s1. The van der Waals surface area contributed by atoms with Gasteiger partial charge in [-0.3, -0.25) is 14.5 Å². The van der Waals surface area contributed by atoms with Crippen molar-refractivity contribution in [1.29, 1.82) is 0 Å². The van der Waals surface area contributed by atoms with Gasteiger partial charge in [-0.2, -0.15) is 0 Å². The average molecular weight is 426 g/mol. The molecule has 0 radical (unpaired) electrons. The summed E-state index contributed by atoms with van der Waals surface area (Å²) in [6.45, 7) is 0.541. The van der Waals surface area contributed by atoms with Crippen molar-refractivity contribution in [3.8, 4) is 0 Å². The number of nitrogens with zero attached hydrogens (tertiary/aromatic N) is 2. The number of rotatable bonds is 6. The van der Waals surface area contributed by atoms with Gasteiger partial charge in [-0.1, -0.05) is 0 Å². The molecule has 2 aliphatic heterocycles. The molecule has 4 rings (SSSR count). The topological polar surface area (TPSA) is 123 Å². The first-order valence-electron chi connectivity index (χ1n) is 10.3. The average Bonchev–Trinajstić information content (AvgIpc) is 3.41. The van der Waals surface area contributed by atoms with E-state index in [2.05, 4.69) is 15.2 Å². The maximum Gasteiger partial charge on any atom is 0.290 e. The lowest BCUT2D eigenvalue weighted by Crippen LogP contribution is -2.53. The van der Waals surface area contributed by atoms with E-state index in [1.165, 1.54) is 0 Å². The second kappa shape index (κ2) is 9.97. The summed E-state index contributed by atoms with van der Waals surface area (Å²) in [7, 11) is 0. The van der Waals surface area contributed by atoms with Gasteiger partial charge in [0, 0.05) is 36.5 Å². The van der Waals surface area contributed by atoms with Crippen LogP contribution >= 0.6 is 11.3 Å². The molecule has 1 aromatic rings. The molecule has 3 fully saturated rings. The molecule has 4 N–H and O–H groups in total. The van der Waals surface area contributed by atoms with Gasteiger partial charge < -0.3 is 20.6 Å². The first kappa shape index (κ1) is 22.1. The fourth-order valence-electron chi connectivity index (χ4n) is 5.47. The summed E-state index contributed by atoms with van der Waals surface area (Å²) in [6, 6.07) is 0.754. The highest BCUT2D eigenvalue weighted by Gasteiger charge is 2.59. The predicted octanol–water partition coefficient (Wildman–Crippen LogP) is 1.02. The zero-order valence-corrected chi connectivity index (χ0v) is 17.4. The monoisotopic (exact) mass is 425 g/mol. The van der Waals surface area contributed by atoms with Gasteiger partial charge in [0.25, 0.3) is 6.47 Å². The van der Waals surface area contributed by atoms with Crippen LogP contribution in [-0.2, 0) is 16.0 Å². The Morgan fingerprint density at radius 1 is 1.31 bits per heavy atom.